The molecule has 0 amide bonds. The number of rotatable bonds is 4. The Morgan fingerprint density at radius 3 is 2.71 bits per heavy atom. The van der Waals surface area contributed by atoms with E-state index in [0.717, 1.165) is 12.0 Å². The van der Waals surface area contributed by atoms with E-state index >= 15 is 0 Å². The highest BCUT2D eigenvalue weighted by Crippen LogP contribution is 2.22. The van der Waals surface area contributed by atoms with E-state index in [1.807, 2.05) is 12.1 Å². The van der Waals surface area contributed by atoms with Gasteiger partial charge in [-0.25, -0.2) is 4.39 Å². The lowest BCUT2D eigenvalue weighted by atomic mass is 9.92. The van der Waals surface area contributed by atoms with Crippen molar-refractivity contribution in [3.8, 4) is 0 Å². The number of benzene rings is 1. The molecule has 0 aliphatic heterocycles. The zero-order valence-electron chi connectivity index (χ0n) is 10.2. The molecule has 0 radical (unpaired) electrons. The summed E-state index contributed by atoms with van der Waals surface area (Å²) in [6, 6.07) is 6.95. The van der Waals surface area contributed by atoms with Gasteiger partial charge in [0.25, 0.3) is 0 Å². The van der Waals surface area contributed by atoms with Crippen LogP contribution in [0, 0.1) is 5.82 Å². The molecule has 1 aliphatic carbocycles. The molecule has 0 spiro atoms. The van der Waals surface area contributed by atoms with Crippen molar-refractivity contribution in [1.29, 1.82) is 0 Å². The fourth-order valence-electron chi connectivity index (χ4n) is 2.45. The van der Waals surface area contributed by atoms with Gasteiger partial charge in [0.05, 0.1) is 0 Å². The van der Waals surface area contributed by atoms with Gasteiger partial charge in [-0.15, -0.1) is 0 Å². The molecule has 92 valence electrons. The minimum absolute atomic E-state index is 0.0382. The van der Waals surface area contributed by atoms with E-state index in [4.69, 9.17) is 5.73 Å². The van der Waals surface area contributed by atoms with E-state index in [0.29, 0.717) is 6.42 Å². The first-order valence-electron chi connectivity index (χ1n) is 6.42. The molecule has 1 aromatic carbocycles. The Morgan fingerprint density at radius 2 is 2.00 bits per heavy atom. The lowest BCUT2D eigenvalue weighted by Gasteiger charge is -2.17. The fraction of sp³-hybridized carbons (Fsp3) is 0.467. The van der Waals surface area contributed by atoms with Crippen LogP contribution in [0.5, 0.6) is 0 Å². The standard InChI is InChI=1S/C15H20FN/c16-15-9-5-4-8-13(15)11-14(17)10-12-6-2-1-3-7-12/h4-6,8-9,14H,1-3,7,10-11,17H2. The van der Waals surface area contributed by atoms with Crippen LogP contribution in [0.1, 0.15) is 37.7 Å². The van der Waals surface area contributed by atoms with Gasteiger partial charge in [0.1, 0.15) is 5.82 Å². The average Bonchev–Trinajstić information content (AvgIpc) is 2.33. The molecule has 0 saturated heterocycles. The summed E-state index contributed by atoms with van der Waals surface area (Å²) in [5.74, 6) is -0.138. The molecule has 2 rings (SSSR count). The summed E-state index contributed by atoms with van der Waals surface area (Å²) in [5.41, 5.74) is 8.29. The first-order valence-corrected chi connectivity index (χ1v) is 6.42. The Kier molecular flexibility index (Phi) is 4.32. The lowest BCUT2D eigenvalue weighted by molar-refractivity contribution is 0.570. The van der Waals surface area contributed by atoms with Crippen molar-refractivity contribution in [3.05, 3.63) is 47.3 Å². The second kappa shape index (κ2) is 5.97. The van der Waals surface area contributed by atoms with Crippen molar-refractivity contribution in [2.24, 2.45) is 5.73 Å². The van der Waals surface area contributed by atoms with Gasteiger partial charge in [-0.05, 0) is 50.2 Å². The predicted molar refractivity (Wildman–Crippen MR) is 69.2 cm³/mol. The molecule has 2 heteroatoms. The summed E-state index contributed by atoms with van der Waals surface area (Å²) in [5, 5.41) is 0. The Bertz CT molecular complexity index is 398. The molecule has 1 atom stereocenters. The quantitative estimate of drug-likeness (QED) is 0.790. The summed E-state index contributed by atoms with van der Waals surface area (Å²) in [6.45, 7) is 0. The zero-order valence-corrected chi connectivity index (χ0v) is 10.2. The number of allylic oxidation sites excluding steroid dienone is 1. The average molecular weight is 233 g/mol. The maximum absolute atomic E-state index is 13.5. The first-order chi connectivity index (χ1) is 8.25. The molecule has 0 bridgehead atoms. The minimum atomic E-state index is -0.138. The molecule has 1 nitrogen and oxygen atoms in total. The van der Waals surface area contributed by atoms with Gasteiger partial charge < -0.3 is 5.73 Å². The zero-order chi connectivity index (χ0) is 12.1. The topological polar surface area (TPSA) is 26.0 Å². The van der Waals surface area contributed by atoms with Crippen LogP contribution in [0.4, 0.5) is 4.39 Å². The van der Waals surface area contributed by atoms with Crippen molar-refractivity contribution >= 4 is 0 Å². The summed E-state index contributed by atoms with van der Waals surface area (Å²) < 4.78 is 13.5. The Balaban J connectivity index is 1.91. The van der Waals surface area contributed by atoms with Crippen LogP contribution in [-0.4, -0.2) is 6.04 Å². The number of nitrogens with two attached hydrogens (primary N) is 1. The molecule has 1 unspecified atom stereocenters. The van der Waals surface area contributed by atoms with Gasteiger partial charge in [0.15, 0.2) is 0 Å². The number of halogens is 1. The highest BCUT2D eigenvalue weighted by Gasteiger charge is 2.11. The molecule has 2 N–H and O–H groups in total. The third-order valence-electron chi connectivity index (χ3n) is 3.35. The third kappa shape index (κ3) is 3.67. The van der Waals surface area contributed by atoms with Crippen LogP contribution in [-0.2, 0) is 6.42 Å². The molecule has 0 aromatic heterocycles. The molecule has 0 saturated carbocycles. The number of hydrogen-bond donors (Lipinski definition) is 1. The van der Waals surface area contributed by atoms with Crippen LogP contribution in [0.3, 0.4) is 0 Å². The lowest BCUT2D eigenvalue weighted by Crippen LogP contribution is -2.24. The highest BCUT2D eigenvalue weighted by molar-refractivity contribution is 5.19. The summed E-state index contributed by atoms with van der Waals surface area (Å²) in [4.78, 5) is 0. The summed E-state index contributed by atoms with van der Waals surface area (Å²) in [6.07, 6.45) is 8.78. The van der Waals surface area contributed by atoms with Gasteiger partial charge in [-0.2, -0.15) is 0 Å². The van der Waals surface area contributed by atoms with E-state index < -0.39 is 0 Å². The van der Waals surface area contributed by atoms with E-state index in [9.17, 15) is 4.39 Å². The third-order valence-corrected chi connectivity index (χ3v) is 3.35. The maximum atomic E-state index is 13.5. The Hall–Kier alpha value is -1.15. The molecule has 0 heterocycles. The van der Waals surface area contributed by atoms with Gasteiger partial charge in [0.2, 0.25) is 0 Å². The van der Waals surface area contributed by atoms with Gasteiger partial charge in [-0.1, -0.05) is 29.8 Å². The van der Waals surface area contributed by atoms with Crippen molar-refractivity contribution in [2.45, 2.75) is 44.6 Å². The Labute approximate surface area is 103 Å². The van der Waals surface area contributed by atoms with Crippen LogP contribution < -0.4 is 5.73 Å². The second-order valence-corrected chi connectivity index (χ2v) is 4.87. The van der Waals surface area contributed by atoms with E-state index in [2.05, 4.69) is 6.08 Å². The SMILES string of the molecule is NC(CC1=CCCCC1)Cc1ccccc1F. The van der Waals surface area contributed by atoms with Crippen molar-refractivity contribution in [1.82, 2.24) is 0 Å². The van der Waals surface area contributed by atoms with Crippen LogP contribution in [0.25, 0.3) is 0 Å². The van der Waals surface area contributed by atoms with Gasteiger partial charge in [0, 0.05) is 6.04 Å². The molecular formula is C15H20FN. The molecular weight excluding hydrogens is 213 g/mol. The number of hydrogen-bond acceptors (Lipinski definition) is 1. The van der Waals surface area contributed by atoms with Crippen LogP contribution in [0.2, 0.25) is 0 Å². The van der Waals surface area contributed by atoms with Crippen molar-refractivity contribution in [2.75, 3.05) is 0 Å². The maximum Gasteiger partial charge on any atom is 0.126 e. The summed E-state index contributed by atoms with van der Waals surface area (Å²) in [7, 11) is 0. The van der Waals surface area contributed by atoms with Gasteiger partial charge >= 0.3 is 0 Å². The minimum Gasteiger partial charge on any atom is -0.327 e. The molecule has 1 aromatic rings. The largest absolute Gasteiger partial charge is 0.327 e. The highest BCUT2D eigenvalue weighted by atomic mass is 19.1. The monoisotopic (exact) mass is 233 g/mol. The molecule has 0 fully saturated rings. The molecule has 17 heavy (non-hydrogen) atoms. The van der Waals surface area contributed by atoms with E-state index in [-0.39, 0.29) is 11.9 Å². The van der Waals surface area contributed by atoms with E-state index in [1.165, 1.54) is 37.3 Å². The van der Waals surface area contributed by atoms with E-state index in [1.54, 1.807) is 6.07 Å². The second-order valence-electron chi connectivity index (χ2n) is 4.87. The smallest absolute Gasteiger partial charge is 0.126 e. The van der Waals surface area contributed by atoms with Crippen LogP contribution >= 0.6 is 0 Å². The summed E-state index contributed by atoms with van der Waals surface area (Å²) >= 11 is 0. The molecule has 1 aliphatic rings. The normalized spacial score (nSPS) is 17.6. The fourth-order valence-corrected chi connectivity index (χ4v) is 2.45. The first kappa shape index (κ1) is 12.3. The van der Waals surface area contributed by atoms with Crippen molar-refractivity contribution < 1.29 is 4.39 Å². The Morgan fingerprint density at radius 1 is 1.18 bits per heavy atom. The van der Waals surface area contributed by atoms with Crippen molar-refractivity contribution in [3.63, 3.8) is 0 Å². The predicted octanol–water partition coefficient (Wildman–Crippen LogP) is 3.59. The van der Waals surface area contributed by atoms with Gasteiger partial charge in [-0.3, -0.25) is 0 Å². The van der Waals surface area contributed by atoms with Crippen LogP contribution in [0.15, 0.2) is 35.9 Å².